The molecule has 0 saturated carbocycles. The molecule has 0 aliphatic carbocycles. The van der Waals surface area contributed by atoms with Crippen LogP contribution in [0.4, 0.5) is 0 Å². The van der Waals surface area contributed by atoms with E-state index in [1.54, 1.807) is 5.38 Å². The normalized spacial score (nSPS) is 12.5. The fourth-order valence-corrected chi connectivity index (χ4v) is 1.92. The fraction of sp³-hybridized carbons (Fsp3) is 0.600. The zero-order valence-electron chi connectivity index (χ0n) is 9.12. The van der Waals surface area contributed by atoms with Crippen molar-refractivity contribution in [3.05, 3.63) is 16.1 Å². The molecule has 1 aromatic heterocycles. The zero-order chi connectivity index (χ0) is 11.3. The minimum absolute atomic E-state index is 0.0597. The average Bonchev–Trinajstić information content (AvgIpc) is 2.64. The molecule has 0 fully saturated rings. The van der Waals surface area contributed by atoms with E-state index in [4.69, 9.17) is 5.73 Å². The molecule has 5 heteroatoms. The second-order valence-corrected chi connectivity index (χ2v) is 4.51. The van der Waals surface area contributed by atoms with Gasteiger partial charge in [0.15, 0.2) is 0 Å². The number of nitrogens with two attached hydrogens (primary N) is 1. The van der Waals surface area contributed by atoms with E-state index < -0.39 is 0 Å². The maximum absolute atomic E-state index is 11.7. The van der Waals surface area contributed by atoms with Crippen molar-refractivity contribution in [1.82, 2.24) is 10.3 Å². The Bertz CT molecular complexity index is 324. The van der Waals surface area contributed by atoms with Crippen LogP contribution in [-0.4, -0.2) is 23.5 Å². The summed E-state index contributed by atoms with van der Waals surface area (Å²) >= 11 is 1.48. The second kappa shape index (κ2) is 5.82. The zero-order valence-corrected chi connectivity index (χ0v) is 9.93. The summed E-state index contributed by atoms with van der Waals surface area (Å²) in [5, 5.41) is 5.55. The van der Waals surface area contributed by atoms with Gasteiger partial charge >= 0.3 is 0 Å². The number of carbonyl (C=O) groups is 1. The summed E-state index contributed by atoms with van der Waals surface area (Å²) in [6.45, 7) is 4.43. The third-order valence-electron chi connectivity index (χ3n) is 2.11. The number of nitrogens with one attached hydrogen (secondary N) is 1. The van der Waals surface area contributed by atoms with E-state index in [0.717, 1.165) is 17.8 Å². The number of rotatable bonds is 5. The molecule has 3 N–H and O–H groups in total. The first-order chi connectivity index (χ1) is 7.17. The van der Waals surface area contributed by atoms with E-state index in [0.29, 0.717) is 12.2 Å². The highest BCUT2D eigenvalue weighted by molar-refractivity contribution is 7.09. The molecule has 1 aromatic rings. The second-order valence-electron chi connectivity index (χ2n) is 3.45. The molecule has 1 unspecified atom stereocenters. The van der Waals surface area contributed by atoms with E-state index in [1.165, 1.54) is 11.3 Å². The average molecular weight is 227 g/mol. The van der Waals surface area contributed by atoms with Crippen LogP contribution in [0.2, 0.25) is 0 Å². The lowest BCUT2D eigenvalue weighted by molar-refractivity contribution is 0.0931. The predicted octanol–water partition coefficient (Wildman–Crippen LogP) is 1.31. The van der Waals surface area contributed by atoms with Gasteiger partial charge in [-0.15, -0.1) is 11.3 Å². The lowest BCUT2D eigenvalue weighted by Gasteiger charge is -2.14. The molecular weight excluding hydrogens is 210 g/mol. The molecule has 1 amide bonds. The molecule has 4 nitrogen and oxygen atoms in total. The Morgan fingerprint density at radius 1 is 1.73 bits per heavy atom. The molecule has 1 rings (SSSR count). The molecule has 0 spiro atoms. The number of hydrogen-bond donors (Lipinski definition) is 2. The molecule has 0 aromatic carbocycles. The highest BCUT2D eigenvalue weighted by Crippen LogP contribution is 2.08. The van der Waals surface area contributed by atoms with Crippen LogP contribution in [0.1, 0.15) is 35.3 Å². The van der Waals surface area contributed by atoms with Crippen LogP contribution in [0.5, 0.6) is 0 Å². The van der Waals surface area contributed by atoms with Gasteiger partial charge in [-0.3, -0.25) is 4.79 Å². The highest BCUT2D eigenvalue weighted by atomic mass is 32.1. The minimum Gasteiger partial charge on any atom is -0.347 e. The van der Waals surface area contributed by atoms with Gasteiger partial charge in [-0.05, 0) is 13.3 Å². The lowest BCUT2D eigenvalue weighted by Crippen LogP contribution is -2.40. The summed E-state index contributed by atoms with van der Waals surface area (Å²) in [6, 6.07) is 0.0597. The Labute approximate surface area is 93.9 Å². The smallest absolute Gasteiger partial charge is 0.271 e. The molecule has 1 atom stereocenters. The topological polar surface area (TPSA) is 68.0 Å². The number of nitrogens with zero attached hydrogens (tertiary/aromatic N) is 1. The Kier molecular flexibility index (Phi) is 4.71. The van der Waals surface area contributed by atoms with E-state index in [-0.39, 0.29) is 11.9 Å². The summed E-state index contributed by atoms with van der Waals surface area (Å²) in [7, 11) is 0. The Morgan fingerprint density at radius 3 is 2.93 bits per heavy atom. The van der Waals surface area contributed by atoms with E-state index in [1.807, 2.05) is 6.92 Å². The van der Waals surface area contributed by atoms with Crippen molar-refractivity contribution in [2.24, 2.45) is 5.73 Å². The van der Waals surface area contributed by atoms with Gasteiger partial charge in [-0.25, -0.2) is 4.98 Å². The Hall–Kier alpha value is -0.940. The number of carbonyl (C=O) groups excluding carboxylic acids is 1. The first-order valence-electron chi connectivity index (χ1n) is 5.10. The number of thiazole rings is 1. The summed E-state index contributed by atoms with van der Waals surface area (Å²) in [4.78, 5) is 15.8. The van der Waals surface area contributed by atoms with Crippen LogP contribution >= 0.6 is 11.3 Å². The van der Waals surface area contributed by atoms with Crippen LogP contribution in [0, 0.1) is 6.92 Å². The van der Waals surface area contributed by atoms with E-state index in [9.17, 15) is 4.79 Å². The van der Waals surface area contributed by atoms with Crippen molar-refractivity contribution in [2.45, 2.75) is 32.7 Å². The van der Waals surface area contributed by atoms with Gasteiger partial charge in [0, 0.05) is 18.0 Å². The maximum Gasteiger partial charge on any atom is 0.271 e. The first kappa shape index (κ1) is 12.1. The summed E-state index contributed by atoms with van der Waals surface area (Å²) in [5.74, 6) is -0.122. The van der Waals surface area contributed by atoms with Gasteiger partial charge in [-0.2, -0.15) is 0 Å². The molecule has 0 radical (unpaired) electrons. The van der Waals surface area contributed by atoms with Crippen LogP contribution in [0.25, 0.3) is 0 Å². The molecule has 1 heterocycles. The molecular formula is C10H17N3OS. The van der Waals surface area contributed by atoms with Crippen molar-refractivity contribution in [3.8, 4) is 0 Å². The number of amides is 1. The summed E-state index contributed by atoms with van der Waals surface area (Å²) < 4.78 is 0. The van der Waals surface area contributed by atoms with Crippen LogP contribution in [0.3, 0.4) is 0 Å². The number of hydrogen-bond acceptors (Lipinski definition) is 4. The fourth-order valence-electron chi connectivity index (χ4n) is 1.32. The van der Waals surface area contributed by atoms with Crippen molar-refractivity contribution < 1.29 is 4.79 Å². The molecule has 84 valence electrons. The van der Waals surface area contributed by atoms with Crippen molar-refractivity contribution in [3.63, 3.8) is 0 Å². The Morgan fingerprint density at radius 2 is 2.47 bits per heavy atom. The molecule has 15 heavy (non-hydrogen) atoms. The van der Waals surface area contributed by atoms with Gasteiger partial charge < -0.3 is 11.1 Å². The van der Waals surface area contributed by atoms with Crippen molar-refractivity contribution in [1.29, 1.82) is 0 Å². The number of aromatic nitrogens is 1. The largest absolute Gasteiger partial charge is 0.347 e. The molecule has 0 aliphatic rings. The van der Waals surface area contributed by atoms with E-state index >= 15 is 0 Å². The van der Waals surface area contributed by atoms with Crippen LogP contribution in [-0.2, 0) is 0 Å². The predicted molar refractivity (Wildman–Crippen MR) is 62.1 cm³/mol. The minimum atomic E-state index is -0.122. The van der Waals surface area contributed by atoms with E-state index in [2.05, 4.69) is 17.2 Å². The summed E-state index contributed by atoms with van der Waals surface area (Å²) in [6.07, 6.45) is 1.92. The van der Waals surface area contributed by atoms with Gasteiger partial charge in [0.05, 0.1) is 5.01 Å². The summed E-state index contributed by atoms with van der Waals surface area (Å²) in [5.41, 5.74) is 6.05. The van der Waals surface area contributed by atoms with Gasteiger partial charge in [-0.1, -0.05) is 13.3 Å². The van der Waals surface area contributed by atoms with Gasteiger partial charge in [0.25, 0.3) is 5.91 Å². The quantitative estimate of drug-likeness (QED) is 0.797. The van der Waals surface area contributed by atoms with Crippen molar-refractivity contribution in [2.75, 3.05) is 6.54 Å². The molecule has 0 bridgehead atoms. The van der Waals surface area contributed by atoms with Crippen LogP contribution in [0.15, 0.2) is 5.38 Å². The SMILES string of the molecule is CCCC(CN)NC(=O)c1csc(C)n1. The monoisotopic (exact) mass is 227 g/mol. The van der Waals surface area contributed by atoms with Gasteiger partial charge in [0.2, 0.25) is 0 Å². The third-order valence-corrected chi connectivity index (χ3v) is 2.88. The third kappa shape index (κ3) is 3.60. The Balaban J connectivity index is 2.54. The first-order valence-corrected chi connectivity index (χ1v) is 5.98. The standard InChI is InChI=1S/C10H17N3OS/c1-3-4-8(5-11)13-10(14)9-6-15-7(2)12-9/h6,8H,3-5,11H2,1-2H3,(H,13,14). The van der Waals surface area contributed by atoms with Crippen molar-refractivity contribution >= 4 is 17.2 Å². The molecule has 0 aliphatic heterocycles. The number of aryl methyl sites for hydroxylation is 1. The van der Waals surface area contributed by atoms with Crippen LogP contribution < -0.4 is 11.1 Å². The maximum atomic E-state index is 11.7. The highest BCUT2D eigenvalue weighted by Gasteiger charge is 2.13. The van der Waals surface area contributed by atoms with Gasteiger partial charge in [0.1, 0.15) is 5.69 Å². The lowest BCUT2D eigenvalue weighted by atomic mass is 10.1. The molecule has 0 saturated heterocycles.